The molecule has 0 radical (unpaired) electrons. The molecule has 0 atom stereocenters. The molecule has 30 heavy (non-hydrogen) atoms. The fraction of sp³-hybridized carbons (Fsp3) is 0.435. The van der Waals surface area contributed by atoms with Gasteiger partial charge in [0.05, 0.1) is 10.0 Å². The highest BCUT2D eigenvalue weighted by Crippen LogP contribution is 2.32. The molecule has 160 valence electrons. The maximum atomic E-state index is 13.2. The molecular formula is C23H27Cl2N3O2. The molecule has 1 aliphatic heterocycles. The zero-order chi connectivity index (χ0) is 21.1. The zero-order valence-electron chi connectivity index (χ0n) is 17.2. The minimum atomic E-state index is 0.0580. The lowest BCUT2D eigenvalue weighted by Gasteiger charge is -2.22. The molecule has 2 fully saturated rings. The van der Waals surface area contributed by atoms with E-state index in [0.717, 1.165) is 44.2 Å². The largest absolute Gasteiger partial charge is 0.457 e. The van der Waals surface area contributed by atoms with Gasteiger partial charge in [0, 0.05) is 56.0 Å². The number of ether oxygens (including phenoxy) is 1. The van der Waals surface area contributed by atoms with Gasteiger partial charge in [-0.2, -0.15) is 0 Å². The van der Waals surface area contributed by atoms with Crippen molar-refractivity contribution in [1.82, 2.24) is 15.1 Å². The first-order valence-corrected chi connectivity index (χ1v) is 11.2. The minimum Gasteiger partial charge on any atom is -0.457 e. The summed E-state index contributed by atoms with van der Waals surface area (Å²) in [5.74, 6) is 1.28. The first kappa shape index (κ1) is 21.4. The Bertz CT molecular complexity index is 917. The van der Waals surface area contributed by atoms with Crippen LogP contribution in [0, 0.1) is 0 Å². The first-order valence-electron chi connectivity index (χ1n) is 10.5. The molecule has 4 rings (SSSR count). The quantitative estimate of drug-likeness (QED) is 0.689. The summed E-state index contributed by atoms with van der Waals surface area (Å²) < 4.78 is 6.10. The van der Waals surface area contributed by atoms with Gasteiger partial charge in [-0.05, 0) is 50.6 Å². The number of hydrogen-bond acceptors (Lipinski definition) is 4. The van der Waals surface area contributed by atoms with Crippen LogP contribution < -0.4 is 10.1 Å². The van der Waals surface area contributed by atoms with Gasteiger partial charge in [0.15, 0.2) is 0 Å². The van der Waals surface area contributed by atoms with Gasteiger partial charge in [0.25, 0.3) is 5.91 Å². The van der Waals surface area contributed by atoms with Gasteiger partial charge in [-0.15, -0.1) is 0 Å². The summed E-state index contributed by atoms with van der Waals surface area (Å²) in [5, 5.41) is 4.05. The zero-order valence-corrected chi connectivity index (χ0v) is 18.7. The van der Waals surface area contributed by atoms with Crippen molar-refractivity contribution < 1.29 is 9.53 Å². The summed E-state index contributed by atoms with van der Waals surface area (Å²) in [4.78, 5) is 17.7. The van der Waals surface area contributed by atoms with Crippen LogP contribution in [0.4, 0.5) is 0 Å². The number of benzene rings is 2. The second kappa shape index (κ2) is 9.56. The van der Waals surface area contributed by atoms with Crippen LogP contribution in [0.2, 0.25) is 10.0 Å². The Hall–Kier alpha value is -1.79. The number of carbonyl (C=O) groups is 1. The predicted molar refractivity (Wildman–Crippen MR) is 121 cm³/mol. The molecule has 1 N–H and O–H groups in total. The highest BCUT2D eigenvalue weighted by atomic mass is 35.5. The average Bonchev–Trinajstić information content (AvgIpc) is 3.58. The van der Waals surface area contributed by atoms with Crippen molar-refractivity contribution in [3.05, 3.63) is 57.6 Å². The fourth-order valence-corrected chi connectivity index (χ4v) is 4.20. The van der Waals surface area contributed by atoms with Crippen LogP contribution in [0.5, 0.6) is 11.5 Å². The molecule has 1 saturated carbocycles. The summed E-state index contributed by atoms with van der Waals surface area (Å²) in [5.41, 5.74) is 1.61. The smallest absolute Gasteiger partial charge is 0.254 e. The summed E-state index contributed by atoms with van der Waals surface area (Å²) >= 11 is 12.1. The van der Waals surface area contributed by atoms with Crippen LogP contribution in [0.1, 0.15) is 35.2 Å². The van der Waals surface area contributed by atoms with Crippen LogP contribution in [0.3, 0.4) is 0 Å². The molecular weight excluding hydrogens is 421 g/mol. The third kappa shape index (κ3) is 5.09. The molecule has 2 aromatic carbocycles. The number of nitrogens with zero attached hydrogens (tertiary/aromatic N) is 2. The molecule has 2 aliphatic rings. The minimum absolute atomic E-state index is 0.0580. The van der Waals surface area contributed by atoms with Crippen LogP contribution in [-0.4, -0.2) is 55.0 Å². The van der Waals surface area contributed by atoms with Crippen molar-refractivity contribution in [1.29, 1.82) is 0 Å². The van der Waals surface area contributed by atoms with Crippen LogP contribution in [0.25, 0.3) is 0 Å². The lowest BCUT2D eigenvalue weighted by molar-refractivity contribution is 0.0760. The van der Waals surface area contributed by atoms with E-state index in [1.54, 1.807) is 18.2 Å². The second-order valence-electron chi connectivity index (χ2n) is 7.94. The number of halogens is 2. The Kier molecular flexibility index (Phi) is 6.84. The van der Waals surface area contributed by atoms with Gasteiger partial charge < -0.3 is 15.0 Å². The molecule has 0 unspecified atom stereocenters. The molecule has 1 heterocycles. The van der Waals surface area contributed by atoms with E-state index in [1.807, 2.05) is 30.1 Å². The summed E-state index contributed by atoms with van der Waals surface area (Å²) in [6.07, 6.45) is 3.62. The number of hydrogen-bond donors (Lipinski definition) is 1. The normalized spacial score (nSPS) is 17.6. The lowest BCUT2D eigenvalue weighted by atomic mass is 10.1. The van der Waals surface area contributed by atoms with Gasteiger partial charge in [-0.3, -0.25) is 9.69 Å². The third-order valence-corrected chi connectivity index (χ3v) is 6.42. The molecule has 0 aromatic heterocycles. The van der Waals surface area contributed by atoms with Gasteiger partial charge in [-0.25, -0.2) is 0 Å². The van der Waals surface area contributed by atoms with E-state index >= 15 is 0 Å². The Morgan fingerprint density at radius 3 is 2.63 bits per heavy atom. The Morgan fingerprint density at radius 2 is 1.90 bits per heavy atom. The maximum absolute atomic E-state index is 13.2. The van der Waals surface area contributed by atoms with E-state index in [9.17, 15) is 4.79 Å². The van der Waals surface area contributed by atoms with Crippen LogP contribution in [-0.2, 0) is 6.54 Å². The van der Waals surface area contributed by atoms with Crippen molar-refractivity contribution in [2.75, 3.05) is 33.2 Å². The standard InChI is InChI=1S/C23H27Cl2N3O2/c1-26-15-17-4-3-16(13-22(17)30-19-7-8-20(24)21(25)14-19)23(29)28-10-2-9-27(11-12-28)18-5-6-18/h3-4,7-8,13-14,18,26H,2,5-6,9-12,15H2,1H3. The highest BCUT2D eigenvalue weighted by Gasteiger charge is 2.31. The van der Waals surface area contributed by atoms with Gasteiger partial charge in [0.2, 0.25) is 0 Å². The van der Waals surface area contributed by atoms with E-state index in [-0.39, 0.29) is 5.91 Å². The number of rotatable bonds is 6. The monoisotopic (exact) mass is 447 g/mol. The summed E-state index contributed by atoms with van der Waals surface area (Å²) in [6.45, 7) is 4.24. The molecule has 1 saturated heterocycles. The second-order valence-corrected chi connectivity index (χ2v) is 8.76. The highest BCUT2D eigenvalue weighted by molar-refractivity contribution is 6.42. The van der Waals surface area contributed by atoms with Crippen LogP contribution >= 0.6 is 23.2 Å². The number of carbonyl (C=O) groups excluding carboxylic acids is 1. The van der Waals surface area contributed by atoms with E-state index < -0.39 is 0 Å². The van der Waals surface area contributed by atoms with Crippen molar-refractivity contribution >= 4 is 29.1 Å². The molecule has 7 heteroatoms. The predicted octanol–water partition coefficient (Wildman–Crippen LogP) is 4.82. The Balaban J connectivity index is 1.53. The van der Waals surface area contributed by atoms with E-state index in [0.29, 0.717) is 33.7 Å². The fourth-order valence-electron chi connectivity index (χ4n) is 3.91. The van der Waals surface area contributed by atoms with Crippen molar-refractivity contribution in [3.63, 3.8) is 0 Å². The molecule has 1 amide bonds. The van der Waals surface area contributed by atoms with Crippen molar-refractivity contribution in [2.45, 2.75) is 31.8 Å². The summed E-state index contributed by atoms with van der Waals surface area (Å²) in [7, 11) is 1.88. The van der Waals surface area contributed by atoms with Gasteiger partial charge in [-0.1, -0.05) is 29.3 Å². The lowest BCUT2D eigenvalue weighted by Crippen LogP contribution is -2.35. The molecule has 1 aliphatic carbocycles. The molecule has 5 nitrogen and oxygen atoms in total. The summed E-state index contributed by atoms with van der Waals surface area (Å²) in [6, 6.07) is 11.6. The first-order chi connectivity index (χ1) is 14.5. The van der Waals surface area contributed by atoms with E-state index in [4.69, 9.17) is 27.9 Å². The van der Waals surface area contributed by atoms with E-state index in [1.165, 1.54) is 12.8 Å². The SMILES string of the molecule is CNCc1ccc(C(=O)N2CCCN(C3CC3)CC2)cc1Oc1ccc(Cl)c(Cl)c1. The topological polar surface area (TPSA) is 44.8 Å². The average molecular weight is 448 g/mol. The Labute approximate surface area is 187 Å². The molecule has 0 bridgehead atoms. The molecule has 2 aromatic rings. The van der Waals surface area contributed by atoms with E-state index in [2.05, 4.69) is 10.2 Å². The van der Waals surface area contributed by atoms with Crippen molar-refractivity contribution in [3.8, 4) is 11.5 Å². The van der Waals surface area contributed by atoms with Crippen LogP contribution in [0.15, 0.2) is 36.4 Å². The third-order valence-electron chi connectivity index (χ3n) is 5.68. The van der Waals surface area contributed by atoms with Gasteiger partial charge in [0.1, 0.15) is 11.5 Å². The Morgan fingerprint density at radius 1 is 1.07 bits per heavy atom. The van der Waals surface area contributed by atoms with Crippen molar-refractivity contribution in [2.24, 2.45) is 0 Å². The maximum Gasteiger partial charge on any atom is 0.254 e. The molecule has 0 spiro atoms. The van der Waals surface area contributed by atoms with Gasteiger partial charge >= 0.3 is 0 Å². The number of amides is 1. The number of nitrogens with one attached hydrogen (secondary N) is 1.